The van der Waals surface area contributed by atoms with Crippen LogP contribution >= 0.6 is 0 Å². The second-order valence-corrected chi connectivity index (χ2v) is 9.71. The van der Waals surface area contributed by atoms with Gasteiger partial charge < -0.3 is 24.3 Å². The van der Waals surface area contributed by atoms with Crippen molar-refractivity contribution in [2.24, 2.45) is 5.73 Å². The van der Waals surface area contributed by atoms with E-state index in [1.807, 2.05) is 27.7 Å². The predicted molar refractivity (Wildman–Crippen MR) is 125 cm³/mol. The SMILES string of the molecule is CCCN(C(=O)[N]CCCCCCCCCCNC(N)=O)[Si](OCC)(OCC)OCC. The summed E-state index contributed by atoms with van der Waals surface area (Å²) < 4.78 is 19.2. The number of nitrogens with one attached hydrogen (secondary N) is 1. The lowest BCUT2D eigenvalue weighted by atomic mass is 10.1. The summed E-state index contributed by atoms with van der Waals surface area (Å²) in [5, 5.41) is 6.88. The molecule has 0 aliphatic heterocycles. The maximum Gasteiger partial charge on any atom is 0.637 e. The van der Waals surface area contributed by atoms with E-state index in [9.17, 15) is 9.59 Å². The van der Waals surface area contributed by atoms with Gasteiger partial charge in [0.2, 0.25) is 0 Å². The standard InChI is InChI=1S/C21H45N4O5Si/c1-5-19-25(31(28-6-2,29-7-3)30-8-4)21(27)24-18-16-14-12-10-9-11-13-15-17-23-20(22)26/h5-19H2,1-4H3,(H3,22,23,26). The van der Waals surface area contributed by atoms with Crippen LogP contribution in [-0.2, 0) is 13.3 Å². The van der Waals surface area contributed by atoms with E-state index >= 15 is 0 Å². The van der Waals surface area contributed by atoms with Crippen LogP contribution in [0.15, 0.2) is 0 Å². The number of nitrogens with zero attached hydrogens (tertiary/aromatic N) is 2. The van der Waals surface area contributed by atoms with Gasteiger partial charge in [-0.1, -0.05) is 45.4 Å². The lowest BCUT2D eigenvalue weighted by molar-refractivity contribution is 0.0269. The van der Waals surface area contributed by atoms with Crippen molar-refractivity contribution in [3.8, 4) is 0 Å². The molecule has 0 heterocycles. The summed E-state index contributed by atoms with van der Waals surface area (Å²) in [6.45, 7) is 10.6. The fourth-order valence-corrected chi connectivity index (χ4v) is 5.86. The van der Waals surface area contributed by atoms with E-state index in [1.54, 1.807) is 4.57 Å². The van der Waals surface area contributed by atoms with Crippen LogP contribution in [0, 0.1) is 0 Å². The second kappa shape index (κ2) is 19.3. The number of amides is 4. The molecule has 9 nitrogen and oxygen atoms in total. The predicted octanol–water partition coefficient (Wildman–Crippen LogP) is 3.76. The average Bonchev–Trinajstić information content (AvgIpc) is 2.72. The van der Waals surface area contributed by atoms with Gasteiger partial charge in [0.1, 0.15) is 0 Å². The number of rotatable bonds is 20. The molecule has 183 valence electrons. The molecule has 0 fully saturated rings. The fraction of sp³-hybridized carbons (Fsp3) is 0.905. The topological polar surface area (TPSA) is 117 Å². The highest BCUT2D eigenvalue weighted by molar-refractivity contribution is 6.60. The van der Waals surface area contributed by atoms with Crippen molar-refractivity contribution in [2.75, 3.05) is 39.5 Å². The minimum absolute atomic E-state index is 0.298. The summed E-state index contributed by atoms with van der Waals surface area (Å²) >= 11 is 0. The normalized spacial score (nSPS) is 11.4. The van der Waals surface area contributed by atoms with E-state index in [-0.39, 0.29) is 6.03 Å². The third-order valence-electron chi connectivity index (χ3n) is 4.62. The third kappa shape index (κ3) is 13.6. The largest absolute Gasteiger partial charge is 0.637 e. The average molecular weight is 462 g/mol. The Morgan fingerprint density at radius 1 is 0.839 bits per heavy atom. The molecular weight excluding hydrogens is 416 g/mol. The Balaban J connectivity index is 4.20. The van der Waals surface area contributed by atoms with Crippen molar-refractivity contribution >= 4 is 21.0 Å². The van der Waals surface area contributed by atoms with Crippen molar-refractivity contribution in [1.82, 2.24) is 15.2 Å². The van der Waals surface area contributed by atoms with Gasteiger partial charge in [0.25, 0.3) is 0 Å². The van der Waals surface area contributed by atoms with E-state index in [4.69, 9.17) is 19.0 Å². The number of hydrogen-bond donors (Lipinski definition) is 2. The van der Waals surface area contributed by atoms with E-state index in [0.29, 0.717) is 39.5 Å². The smallest absolute Gasteiger partial charge is 0.357 e. The molecule has 1 radical (unpaired) electrons. The van der Waals surface area contributed by atoms with Crippen molar-refractivity contribution in [2.45, 2.75) is 85.5 Å². The van der Waals surface area contributed by atoms with Crippen LogP contribution in [0.5, 0.6) is 0 Å². The fourth-order valence-electron chi connectivity index (χ4n) is 3.25. The first-order chi connectivity index (χ1) is 15.0. The van der Waals surface area contributed by atoms with Gasteiger partial charge in [-0.2, -0.15) is 0 Å². The third-order valence-corrected chi connectivity index (χ3v) is 7.66. The molecule has 0 saturated heterocycles. The molecule has 31 heavy (non-hydrogen) atoms. The molecule has 0 rings (SSSR count). The van der Waals surface area contributed by atoms with Crippen LogP contribution in [0.2, 0.25) is 0 Å². The first-order valence-electron chi connectivity index (χ1n) is 11.9. The van der Waals surface area contributed by atoms with Crippen molar-refractivity contribution in [3.05, 3.63) is 0 Å². The lowest BCUT2D eigenvalue weighted by Gasteiger charge is -2.36. The van der Waals surface area contributed by atoms with E-state index in [1.165, 1.54) is 12.8 Å². The first kappa shape index (κ1) is 29.6. The zero-order valence-electron chi connectivity index (χ0n) is 20.1. The van der Waals surface area contributed by atoms with Gasteiger partial charge in [-0.15, -0.1) is 0 Å². The molecule has 0 atom stereocenters. The molecule has 3 N–H and O–H groups in total. The Morgan fingerprint density at radius 3 is 1.77 bits per heavy atom. The number of hydrogen-bond acceptors (Lipinski definition) is 5. The van der Waals surface area contributed by atoms with Gasteiger partial charge in [0.15, 0.2) is 0 Å². The Labute approximate surface area is 190 Å². The molecule has 10 heteroatoms. The first-order valence-corrected chi connectivity index (χ1v) is 13.6. The summed E-state index contributed by atoms with van der Waals surface area (Å²) in [4.78, 5) is 23.4. The molecular formula is C21H45N4O5Si. The van der Waals surface area contributed by atoms with Crippen LogP contribution in [0.25, 0.3) is 0 Å². The minimum Gasteiger partial charge on any atom is -0.357 e. The number of nitrogens with two attached hydrogens (primary N) is 1. The summed E-state index contributed by atoms with van der Waals surface area (Å²) in [5.41, 5.74) is 5.03. The number of primary amides is 1. The van der Waals surface area contributed by atoms with Crippen molar-refractivity contribution < 1.29 is 22.9 Å². The zero-order chi connectivity index (χ0) is 23.4. The molecule has 0 aliphatic carbocycles. The summed E-state index contributed by atoms with van der Waals surface area (Å²) in [5.74, 6) is 0. The monoisotopic (exact) mass is 461 g/mol. The quantitative estimate of drug-likeness (QED) is 0.211. The van der Waals surface area contributed by atoms with Crippen molar-refractivity contribution in [3.63, 3.8) is 0 Å². The highest BCUT2D eigenvalue weighted by atomic mass is 28.4. The molecule has 0 unspecified atom stereocenters. The van der Waals surface area contributed by atoms with Crippen LogP contribution in [0.3, 0.4) is 0 Å². The number of carbonyl (C=O) groups is 2. The summed E-state index contributed by atoms with van der Waals surface area (Å²) in [6.07, 6.45) is 9.44. The Morgan fingerprint density at radius 2 is 1.32 bits per heavy atom. The lowest BCUT2D eigenvalue weighted by Crippen LogP contribution is -2.64. The number of carbonyl (C=O) groups excluding carboxylic acids is 2. The highest BCUT2D eigenvalue weighted by Crippen LogP contribution is 2.18. The number of urea groups is 2. The van der Waals surface area contributed by atoms with Crippen LogP contribution in [0.4, 0.5) is 9.59 Å². The Hall–Kier alpha value is -1.36. The van der Waals surface area contributed by atoms with Crippen LogP contribution in [-0.4, -0.2) is 65.0 Å². The van der Waals surface area contributed by atoms with E-state index < -0.39 is 15.0 Å². The van der Waals surface area contributed by atoms with Gasteiger partial charge in [0, 0.05) is 39.5 Å². The molecule has 0 saturated carbocycles. The molecule has 4 amide bonds. The van der Waals surface area contributed by atoms with Gasteiger partial charge in [0.05, 0.1) is 0 Å². The molecule has 0 aliphatic rings. The van der Waals surface area contributed by atoms with Crippen LogP contribution in [0.1, 0.15) is 85.5 Å². The second-order valence-electron chi connectivity index (χ2n) is 7.26. The van der Waals surface area contributed by atoms with Crippen molar-refractivity contribution in [1.29, 1.82) is 0 Å². The minimum atomic E-state index is -3.26. The maximum absolute atomic E-state index is 12.8. The molecule has 0 aromatic heterocycles. The van der Waals surface area contributed by atoms with Gasteiger partial charge in [-0.3, -0.25) is 4.57 Å². The maximum atomic E-state index is 12.8. The molecule has 0 aromatic carbocycles. The van der Waals surface area contributed by atoms with Gasteiger partial charge >= 0.3 is 21.0 Å². The summed E-state index contributed by atoms with van der Waals surface area (Å²) in [7, 11) is -3.26. The molecule has 0 spiro atoms. The summed E-state index contributed by atoms with van der Waals surface area (Å²) in [6, 6.07) is -0.753. The number of unbranched alkanes of at least 4 members (excludes halogenated alkanes) is 7. The van der Waals surface area contributed by atoms with E-state index in [2.05, 4.69) is 10.6 Å². The Bertz CT molecular complexity index is 454. The zero-order valence-corrected chi connectivity index (χ0v) is 21.1. The Kier molecular flexibility index (Phi) is 18.5. The van der Waals surface area contributed by atoms with Gasteiger partial charge in [-0.25, -0.2) is 14.9 Å². The van der Waals surface area contributed by atoms with Gasteiger partial charge in [-0.05, 0) is 40.0 Å². The molecule has 0 aromatic rings. The van der Waals surface area contributed by atoms with Crippen LogP contribution < -0.4 is 16.4 Å². The van der Waals surface area contributed by atoms with E-state index in [0.717, 1.165) is 44.9 Å². The highest BCUT2D eigenvalue weighted by Gasteiger charge is 2.51. The molecule has 0 bridgehead atoms.